The Morgan fingerprint density at radius 1 is 0.886 bits per heavy atom. The van der Waals surface area contributed by atoms with Gasteiger partial charge in [-0.15, -0.1) is 12.4 Å². The summed E-state index contributed by atoms with van der Waals surface area (Å²) in [5.74, 6) is -0.281. The predicted octanol–water partition coefficient (Wildman–Crippen LogP) is 4.52. The first-order chi connectivity index (χ1) is 16.7. The van der Waals surface area contributed by atoms with Crippen LogP contribution in [0.15, 0.2) is 54.1 Å². The zero-order chi connectivity index (χ0) is 23.3. The highest BCUT2D eigenvalue weighted by molar-refractivity contribution is 5.96. The molecule has 35 heavy (non-hydrogen) atoms. The Hall–Kier alpha value is -2.73. The number of nitrogens with one attached hydrogen (secondary N) is 2. The van der Waals surface area contributed by atoms with E-state index in [9.17, 15) is 9.59 Å². The summed E-state index contributed by atoms with van der Waals surface area (Å²) in [6.07, 6.45) is 8.43. The molecule has 1 aliphatic carbocycles. The third-order valence-corrected chi connectivity index (χ3v) is 7.34. The van der Waals surface area contributed by atoms with Gasteiger partial charge in [-0.2, -0.15) is 0 Å². The lowest BCUT2D eigenvalue weighted by molar-refractivity contribution is -0.133. The fourth-order valence-corrected chi connectivity index (χ4v) is 5.39. The van der Waals surface area contributed by atoms with Crippen LogP contribution < -0.4 is 10.6 Å². The molecule has 6 heteroatoms. The average Bonchev–Trinajstić information content (AvgIpc) is 3.05. The van der Waals surface area contributed by atoms with E-state index in [-0.39, 0.29) is 30.1 Å². The summed E-state index contributed by atoms with van der Waals surface area (Å²) in [4.78, 5) is 27.0. The van der Waals surface area contributed by atoms with E-state index in [1.54, 1.807) is 0 Å². The van der Waals surface area contributed by atoms with E-state index in [0.717, 1.165) is 51.9 Å². The summed E-state index contributed by atoms with van der Waals surface area (Å²) >= 11 is 0. The number of halogens is 1. The second kappa shape index (κ2) is 11.8. The van der Waals surface area contributed by atoms with Crippen LogP contribution in [-0.4, -0.2) is 49.4 Å². The summed E-state index contributed by atoms with van der Waals surface area (Å²) in [6.45, 7) is 4.27. The van der Waals surface area contributed by atoms with E-state index < -0.39 is 0 Å². The van der Waals surface area contributed by atoms with Gasteiger partial charge in [0, 0.05) is 32.0 Å². The fraction of sp³-hybridized carbons (Fsp3) is 0.379. The Balaban J connectivity index is 0.00000289. The van der Waals surface area contributed by atoms with Crippen molar-refractivity contribution < 1.29 is 9.59 Å². The summed E-state index contributed by atoms with van der Waals surface area (Å²) in [5, 5.41) is 5.88. The molecule has 2 saturated heterocycles. The highest BCUT2D eigenvalue weighted by Gasteiger charge is 2.24. The minimum atomic E-state index is -0.148. The van der Waals surface area contributed by atoms with Crippen molar-refractivity contribution in [2.75, 3.05) is 32.7 Å². The van der Waals surface area contributed by atoms with Crippen molar-refractivity contribution in [1.82, 2.24) is 15.5 Å². The van der Waals surface area contributed by atoms with Crippen LogP contribution in [0.2, 0.25) is 0 Å². The van der Waals surface area contributed by atoms with Crippen LogP contribution in [-0.2, 0) is 9.59 Å². The number of piperidine rings is 2. The number of amides is 2. The van der Waals surface area contributed by atoms with Gasteiger partial charge >= 0.3 is 0 Å². The first-order valence-electron chi connectivity index (χ1n) is 12.5. The van der Waals surface area contributed by atoms with Gasteiger partial charge in [0.2, 0.25) is 11.8 Å². The largest absolute Gasteiger partial charge is 0.317 e. The second-order valence-electron chi connectivity index (χ2n) is 9.51. The van der Waals surface area contributed by atoms with Gasteiger partial charge in [0.25, 0.3) is 0 Å². The standard InChI is InChI=1S/C29H33N3O2.ClH/c33-27(31-29(34)24-11-16-30-17-12-24)15-20-32-18-13-23(14-19-32)28-25-7-3-1-5-21(25)9-10-22-6-2-4-8-26(22)28;/h1-10,24,30H,11-20H2,(H,31,33,34);1H. The van der Waals surface area contributed by atoms with Crippen LogP contribution in [0.3, 0.4) is 0 Å². The molecule has 2 aliphatic heterocycles. The van der Waals surface area contributed by atoms with Gasteiger partial charge in [-0.25, -0.2) is 0 Å². The van der Waals surface area contributed by atoms with Gasteiger partial charge in [0.15, 0.2) is 0 Å². The minimum absolute atomic E-state index is 0. The lowest BCUT2D eigenvalue weighted by atomic mass is 9.86. The van der Waals surface area contributed by atoms with Crippen LogP contribution in [0.4, 0.5) is 0 Å². The Morgan fingerprint density at radius 2 is 1.46 bits per heavy atom. The molecule has 0 saturated carbocycles. The SMILES string of the molecule is Cl.O=C(CCN1CCC(=C2c3ccccc3C=Cc3ccccc32)CC1)NC(=O)C1CCNCC1. The van der Waals surface area contributed by atoms with Crippen molar-refractivity contribution in [2.45, 2.75) is 32.1 Å². The first kappa shape index (κ1) is 25.4. The van der Waals surface area contributed by atoms with Crippen LogP contribution in [0, 0.1) is 5.92 Å². The van der Waals surface area contributed by atoms with E-state index in [0.29, 0.717) is 13.0 Å². The van der Waals surface area contributed by atoms with Crippen LogP contribution in [0.25, 0.3) is 17.7 Å². The number of carbonyl (C=O) groups excluding carboxylic acids is 2. The molecule has 0 atom stereocenters. The molecule has 2 N–H and O–H groups in total. The van der Waals surface area contributed by atoms with E-state index in [4.69, 9.17) is 0 Å². The molecule has 2 aromatic rings. The number of rotatable bonds is 4. The number of nitrogens with zero attached hydrogens (tertiary/aromatic N) is 1. The van der Waals surface area contributed by atoms with Gasteiger partial charge < -0.3 is 10.2 Å². The van der Waals surface area contributed by atoms with Gasteiger partial charge in [0.1, 0.15) is 0 Å². The van der Waals surface area contributed by atoms with Crippen molar-refractivity contribution in [2.24, 2.45) is 5.92 Å². The molecule has 0 bridgehead atoms. The second-order valence-corrected chi connectivity index (χ2v) is 9.51. The molecule has 5 rings (SSSR count). The maximum atomic E-state index is 12.4. The molecule has 2 aromatic carbocycles. The number of carbonyl (C=O) groups is 2. The van der Waals surface area contributed by atoms with Crippen molar-refractivity contribution >= 4 is 41.9 Å². The minimum Gasteiger partial charge on any atom is -0.317 e. The van der Waals surface area contributed by atoms with E-state index in [2.05, 4.69) is 76.2 Å². The number of hydrogen-bond donors (Lipinski definition) is 2. The van der Waals surface area contributed by atoms with Crippen molar-refractivity contribution in [3.8, 4) is 0 Å². The average molecular weight is 492 g/mol. The van der Waals surface area contributed by atoms with Gasteiger partial charge in [-0.1, -0.05) is 66.3 Å². The molecule has 0 unspecified atom stereocenters. The molecule has 2 heterocycles. The summed E-state index contributed by atoms with van der Waals surface area (Å²) in [6, 6.07) is 17.3. The van der Waals surface area contributed by atoms with Crippen molar-refractivity contribution in [3.63, 3.8) is 0 Å². The smallest absolute Gasteiger partial charge is 0.229 e. The fourth-order valence-electron chi connectivity index (χ4n) is 5.39. The van der Waals surface area contributed by atoms with Crippen molar-refractivity contribution in [3.05, 3.63) is 76.4 Å². The van der Waals surface area contributed by atoms with Crippen LogP contribution in [0.1, 0.15) is 54.4 Å². The molecular weight excluding hydrogens is 458 g/mol. The van der Waals surface area contributed by atoms with Crippen LogP contribution >= 0.6 is 12.4 Å². The normalized spacial score (nSPS) is 18.2. The number of hydrogen-bond acceptors (Lipinski definition) is 4. The maximum Gasteiger partial charge on any atom is 0.229 e. The third-order valence-electron chi connectivity index (χ3n) is 7.34. The Labute approximate surface area is 214 Å². The zero-order valence-electron chi connectivity index (χ0n) is 20.1. The molecule has 0 radical (unpaired) electrons. The molecule has 5 nitrogen and oxygen atoms in total. The van der Waals surface area contributed by atoms with E-state index in [1.807, 2.05) is 0 Å². The number of fused-ring (bicyclic) bond motifs is 2. The summed E-state index contributed by atoms with van der Waals surface area (Å²) in [7, 11) is 0. The summed E-state index contributed by atoms with van der Waals surface area (Å²) < 4.78 is 0. The first-order valence-corrected chi connectivity index (χ1v) is 12.5. The highest BCUT2D eigenvalue weighted by atomic mass is 35.5. The van der Waals surface area contributed by atoms with Crippen molar-refractivity contribution in [1.29, 1.82) is 0 Å². The number of imide groups is 1. The number of benzene rings is 2. The Bertz CT molecular complexity index is 1070. The molecule has 0 aromatic heterocycles. The maximum absolute atomic E-state index is 12.4. The number of likely N-dealkylation sites (tertiary alicyclic amines) is 1. The Morgan fingerprint density at radius 3 is 2.06 bits per heavy atom. The molecule has 184 valence electrons. The van der Waals surface area contributed by atoms with Gasteiger partial charge in [-0.05, 0) is 66.6 Å². The van der Waals surface area contributed by atoms with Crippen LogP contribution in [0.5, 0.6) is 0 Å². The topological polar surface area (TPSA) is 61.4 Å². The monoisotopic (exact) mass is 491 g/mol. The predicted molar refractivity (Wildman–Crippen MR) is 144 cm³/mol. The van der Waals surface area contributed by atoms with Gasteiger partial charge in [0.05, 0.1) is 0 Å². The van der Waals surface area contributed by atoms with Gasteiger partial charge in [-0.3, -0.25) is 14.9 Å². The molecule has 0 spiro atoms. The lowest BCUT2D eigenvalue weighted by Gasteiger charge is -2.30. The molecule has 2 amide bonds. The quantitative estimate of drug-likeness (QED) is 0.563. The lowest BCUT2D eigenvalue weighted by Crippen LogP contribution is -2.42. The highest BCUT2D eigenvalue weighted by Crippen LogP contribution is 2.38. The zero-order valence-corrected chi connectivity index (χ0v) is 20.9. The van der Waals surface area contributed by atoms with E-state index >= 15 is 0 Å². The summed E-state index contributed by atoms with van der Waals surface area (Å²) in [5.41, 5.74) is 8.01. The van der Waals surface area contributed by atoms with E-state index in [1.165, 1.54) is 33.4 Å². The molecular formula is C29H34ClN3O2. The Kier molecular flexibility index (Phi) is 8.55. The third kappa shape index (κ3) is 5.92. The molecule has 3 aliphatic rings. The molecule has 2 fully saturated rings.